The summed E-state index contributed by atoms with van der Waals surface area (Å²) in [4.78, 5) is 12.8. The maximum Gasteiger partial charge on any atom is 0.410 e. The number of benzene rings is 2. The van der Waals surface area contributed by atoms with E-state index in [4.69, 9.17) is 9.47 Å². The number of alkyl halides is 3. The van der Waals surface area contributed by atoms with Crippen molar-refractivity contribution < 1.29 is 27.4 Å². The summed E-state index contributed by atoms with van der Waals surface area (Å²) in [6.45, 7) is 0.262. The number of hydrogen-bond donors (Lipinski definition) is 2. The predicted molar refractivity (Wildman–Crippen MR) is 126 cm³/mol. The van der Waals surface area contributed by atoms with Crippen molar-refractivity contribution in [3.05, 3.63) is 83.8 Å². The number of nitrogens with one attached hydrogen (secondary N) is 2. The molecule has 190 valence electrons. The summed E-state index contributed by atoms with van der Waals surface area (Å²) < 4.78 is 55.2. The third-order valence-electron chi connectivity index (χ3n) is 6.38. The van der Waals surface area contributed by atoms with Gasteiger partial charge in [0.1, 0.15) is 5.82 Å². The van der Waals surface area contributed by atoms with Crippen molar-refractivity contribution in [2.24, 2.45) is 0 Å². The lowest BCUT2D eigenvalue weighted by Crippen LogP contribution is -2.35. The van der Waals surface area contributed by atoms with Gasteiger partial charge < -0.3 is 20.1 Å². The second kappa shape index (κ2) is 8.87. The molecule has 2 aromatic carbocycles. The van der Waals surface area contributed by atoms with Crippen LogP contribution in [-0.2, 0) is 6.54 Å². The number of carbonyl (C=O) groups excluding carboxylic acids is 1. The van der Waals surface area contributed by atoms with Crippen molar-refractivity contribution in [2.45, 2.75) is 31.2 Å². The molecule has 0 unspecified atom stereocenters. The van der Waals surface area contributed by atoms with E-state index in [1.165, 1.54) is 6.07 Å². The van der Waals surface area contributed by atoms with Gasteiger partial charge in [0.25, 0.3) is 5.91 Å². The summed E-state index contributed by atoms with van der Waals surface area (Å²) in [5, 5.41) is 14.0. The Bertz CT molecular complexity index is 1430. The number of anilines is 1. The van der Waals surface area contributed by atoms with Crippen LogP contribution in [0.25, 0.3) is 5.69 Å². The van der Waals surface area contributed by atoms with Gasteiger partial charge in [-0.25, -0.2) is 9.36 Å². The second-order valence-corrected chi connectivity index (χ2v) is 8.76. The van der Waals surface area contributed by atoms with Gasteiger partial charge in [-0.1, -0.05) is 18.2 Å². The second-order valence-electron chi connectivity index (χ2n) is 8.76. The number of carbonyl (C=O) groups is 1. The van der Waals surface area contributed by atoms with Gasteiger partial charge in [0.2, 0.25) is 6.79 Å². The Balaban J connectivity index is 1.19. The lowest BCUT2D eigenvalue weighted by Gasteiger charge is -2.33. The molecule has 0 saturated heterocycles. The zero-order chi connectivity index (χ0) is 25.6. The van der Waals surface area contributed by atoms with Crippen LogP contribution in [0.1, 0.15) is 40.1 Å². The van der Waals surface area contributed by atoms with Crippen molar-refractivity contribution in [1.29, 1.82) is 0 Å². The first-order chi connectivity index (χ1) is 17.8. The van der Waals surface area contributed by atoms with E-state index in [-0.39, 0.29) is 31.3 Å². The number of halogens is 3. The number of aromatic nitrogens is 4. The highest BCUT2D eigenvalue weighted by Gasteiger charge is 2.47. The first-order valence-corrected chi connectivity index (χ1v) is 11.5. The third-order valence-corrected chi connectivity index (χ3v) is 6.38. The van der Waals surface area contributed by atoms with Crippen LogP contribution in [0.3, 0.4) is 0 Å². The number of rotatable bonds is 5. The number of hydrogen-bond acceptors (Lipinski definition) is 6. The Morgan fingerprint density at radius 1 is 1.11 bits per heavy atom. The van der Waals surface area contributed by atoms with E-state index in [1.807, 2.05) is 36.5 Å². The van der Waals surface area contributed by atoms with Gasteiger partial charge in [-0.2, -0.15) is 23.4 Å². The maximum absolute atomic E-state index is 14.0. The zero-order valence-corrected chi connectivity index (χ0v) is 19.3. The fourth-order valence-corrected chi connectivity index (χ4v) is 4.49. The predicted octanol–water partition coefficient (Wildman–Crippen LogP) is 4.39. The molecule has 9 nitrogen and oxygen atoms in total. The van der Waals surface area contributed by atoms with Crippen LogP contribution in [0, 0.1) is 0 Å². The molecular formula is C25H21F3N6O3. The molecule has 4 aromatic rings. The van der Waals surface area contributed by atoms with Crippen LogP contribution < -0.4 is 20.1 Å². The molecule has 0 spiro atoms. The van der Waals surface area contributed by atoms with Crippen molar-refractivity contribution >= 4 is 11.7 Å². The van der Waals surface area contributed by atoms with E-state index in [1.54, 1.807) is 29.1 Å². The van der Waals surface area contributed by atoms with Crippen LogP contribution in [0.2, 0.25) is 0 Å². The van der Waals surface area contributed by atoms with E-state index in [0.29, 0.717) is 17.1 Å². The van der Waals surface area contributed by atoms with Gasteiger partial charge in [-0.3, -0.25) is 4.79 Å². The minimum Gasteiger partial charge on any atom is -0.454 e. The smallest absolute Gasteiger partial charge is 0.410 e. The Morgan fingerprint density at radius 2 is 1.92 bits per heavy atom. The summed E-state index contributed by atoms with van der Waals surface area (Å²) in [7, 11) is 0. The topological polar surface area (TPSA) is 95.2 Å². The molecule has 0 fully saturated rings. The molecule has 2 aliphatic heterocycles. The molecule has 2 atom stereocenters. The van der Waals surface area contributed by atoms with Crippen molar-refractivity contribution in [1.82, 2.24) is 24.9 Å². The number of amides is 1. The van der Waals surface area contributed by atoms with Crippen molar-refractivity contribution in [2.75, 3.05) is 12.1 Å². The van der Waals surface area contributed by atoms with E-state index >= 15 is 0 Å². The summed E-state index contributed by atoms with van der Waals surface area (Å²) >= 11 is 0. The Labute approximate surface area is 208 Å². The van der Waals surface area contributed by atoms with Crippen LogP contribution in [0.4, 0.5) is 19.0 Å². The molecule has 0 bridgehead atoms. The van der Waals surface area contributed by atoms with Gasteiger partial charge in [-0.05, 0) is 41.5 Å². The monoisotopic (exact) mass is 510 g/mol. The van der Waals surface area contributed by atoms with E-state index in [0.717, 1.165) is 15.9 Å². The maximum atomic E-state index is 14.0. The molecule has 2 N–H and O–H groups in total. The summed E-state index contributed by atoms with van der Waals surface area (Å²) in [5.74, 6) is 0.581. The fourth-order valence-electron chi connectivity index (χ4n) is 4.49. The van der Waals surface area contributed by atoms with Crippen LogP contribution in [0.5, 0.6) is 11.5 Å². The van der Waals surface area contributed by atoms with Gasteiger partial charge in [-0.15, -0.1) is 0 Å². The quantitative estimate of drug-likeness (QED) is 0.414. The van der Waals surface area contributed by atoms with Gasteiger partial charge in [0.05, 0.1) is 11.7 Å². The Kier molecular flexibility index (Phi) is 5.50. The molecule has 0 radical (unpaired) electrons. The SMILES string of the molecule is O=C(NCc1ccc(-n2cccn2)cc1)c1cc2n(n1)[C@@H](C(F)(F)F)C[C@@H](c1ccc3c(c1)OCO3)N2. The number of ether oxygens (including phenoxy) is 2. The Hall–Kier alpha value is -4.48. The van der Waals surface area contributed by atoms with Gasteiger partial charge in [0.15, 0.2) is 23.2 Å². The zero-order valence-electron chi connectivity index (χ0n) is 19.3. The fraction of sp³-hybridized carbons (Fsp3) is 0.240. The molecule has 2 aliphatic rings. The number of nitrogens with zero attached hydrogens (tertiary/aromatic N) is 4. The molecule has 2 aromatic heterocycles. The van der Waals surface area contributed by atoms with Crippen LogP contribution in [-0.4, -0.2) is 38.4 Å². The first-order valence-electron chi connectivity index (χ1n) is 11.5. The molecule has 0 aliphatic carbocycles. The molecular weight excluding hydrogens is 489 g/mol. The highest BCUT2D eigenvalue weighted by atomic mass is 19.4. The molecule has 4 heterocycles. The standard InChI is InChI=1S/C25H21F3N6O3/c26-25(27,28)22-11-18(16-4-7-20-21(10-16)37-14-36-20)31-23-12-19(32-34(22)23)24(35)29-13-15-2-5-17(6-3-15)33-9-1-8-30-33/h1-10,12,18,22,31H,11,13-14H2,(H,29,35)/t18-,22+/m0/s1. The average Bonchev–Trinajstić information content (AvgIpc) is 3.66. The Morgan fingerprint density at radius 3 is 2.68 bits per heavy atom. The van der Waals surface area contributed by atoms with E-state index in [2.05, 4.69) is 20.8 Å². The van der Waals surface area contributed by atoms with Crippen LogP contribution >= 0.6 is 0 Å². The molecule has 37 heavy (non-hydrogen) atoms. The summed E-state index contributed by atoms with van der Waals surface area (Å²) in [6.07, 6.45) is -1.35. The van der Waals surface area contributed by atoms with Gasteiger partial charge >= 0.3 is 6.18 Å². The first kappa shape index (κ1) is 23.0. The van der Waals surface area contributed by atoms with E-state index in [9.17, 15) is 18.0 Å². The van der Waals surface area contributed by atoms with Crippen molar-refractivity contribution in [3.8, 4) is 17.2 Å². The van der Waals surface area contributed by atoms with E-state index < -0.39 is 24.2 Å². The highest BCUT2D eigenvalue weighted by molar-refractivity contribution is 5.93. The normalized spacial score (nSPS) is 18.2. The highest BCUT2D eigenvalue weighted by Crippen LogP contribution is 2.45. The number of fused-ring (bicyclic) bond motifs is 2. The van der Waals surface area contributed by atoms with Crippen molar-refractivity contribution in [3.63, 3.8) is 0 Å². The summed E-state index contributed by atoms with van der Waals surface area (Å²) in [5.41, 5.74) is 2.21. The van der Waals surface area contributed by atoms with Gasteiger partial charge in [0, 0.05) is 31.4 Å². The molecule has 1 amide bonds. The largest absolute Gasteiger partial charge is 0.454 e. The molecule has 12 heteroatoms. The lowest BCUT2D eigenvalue weighted by atomic mass is 9.96. The third kappa shape index (κ3) is 4.46. The minimum absolute atomic E-state index is 0.0712. The lowest BCUT2D eigenvalue weighted by molar-refractivity contribution is -0.173. The van der Waals surface area contributed by atoms with Crippen LogP contribution in [0.15, 0.2) is 67.0 Å². The minimum atomic E-state index is -4.55. The molecule has 0 saturated carbocycles. The average molecular weight is 510 g/mol. The molecule has 6 rings (SSSR count). The summed E-state index contributed by atoms with van der Waals surface area (Å²) in [6, 6.07) is 13.1.